The molecule has 0 fully saturated rings. The van der Waals surface area contributed by atoms with Crippen LogP contribution in [0.4, 0.5) is 18.0 Å². The number of ether oxygens (including phenoxy) is 1. The van der Waals surface area contributed by atoms with Gasteiger partial charge in [0.25, 0.3) is 0 Å². The first-order valence-electron chi connectivity index (χ1n) is 2.43. The Morgan fingerprint density at radius 3 is 2.55 bits per heavy atom. The van der Waals surface area contributed by atoms with Crippen LogP contribution in [-0.4, -0.2) is 18.8 Å². The number of halogens is 3. The van der Waals surface area contributed by atoms with Crippen molar-refractivity contribution in [3.05, 3.63) is 0 Å². The zero-order valence-electron chi connectivity index (χ0n) is 5.23. The third-order valence-electron chi connectivity index (χ3n) is 0.585. The van der Waals surface area contributed by atoms with E-state index in [9.17, 15) is 18.0 Å². The van der Waals surface area contributed by atoms with E-state index in [0.29, 0.717) is 0 Å². The molecule has 0 aromatic rings. The van der Waals surface area contributed by atoms with E-state index in [0.717, 1.165) is 0 Å². The first kappa shape index (κ1) is 9.62. The maximum Gasteiger partial charge on any atom is 0.421 e. The summed E-state index contributed by atoms with van der Waals surface area (Å²) in [5, 5.41) is 1.39. The fraction of sp³-hybridized carbons (Fsp3) is 0.400. The Kier molecular flexibility index (Phi) is 3.24. The second-order valence-electron chi connectivity index (χ2n) is 1.48. The summed E-state index contributed by atoms with van der Waals surface area (Å²) >= 11 is 0. The lowest BCUT2D eigenvalue weighted by molar-refractivity contribution is -0.123. The highest BCUT2D eigenvalue weighted by Crippen LogP contribution is 2.11. The number of nitrogens with one attached hydrogen (secondary N) is 1. The Bertz CT molecular complexity index is 181. The van der Waals surface area contributed by atoms with E-state index in [1.54, 1.807) is 0 Å². The molecule has 0 heterocycles. The smallest absolute Gasteiger partial charge is 0.356 e. The van der Waals surface area contributed by atoms with Crippen molar-refractivity contribution in [2.75, 3.05) is 6.54 Å². The van der Waals surface area contributed by atoms with Gasteiger partial charge in [0.1, 0.15) is 12.7 Å². The summed E-state index contributed by atoms with van der Waals surface area (Å²) in [6.45, 7) is -1.45. The van der Waals surface area contributed by atoms with Crippen LogP contribution in [0.5, 0.6) is 0 Å². The first-order chi connectivity index (χ1) is 4.95. The molecule has 62 valence electrons. The molecule has 6 heteroatoms. The molecule has 0 radical (unpaired) electrons. The van der Waals surface area contributed by atoms with E-state index in [4.69, 9.17) is 0 Å². The van der Waals surface area contributed by atoms with E-state index in [2.05, 4.69) is 11.2 Å². The molecule has 3 nitrogen and oxygen atoms in total. The second-order valence-corrected chi connectivity index (χ2v) is 1.48. The number of rotatable bonds is 1. The number of amides is 1. The van der Waals surface area contributed by atoms with E-state index >= 15 is 0 Å². The zero-order chi connectivity index (χ0) is 8.91. The Labute approximate surface area is 60.5 Å². The normalized spacial score (nSPS) is 10.0. The van der Waals surface area contributed by atoms with Gasteiger partial charge in [-0.3, -0.25) is 0 Å². The fourth-order valence-electron chi connectivity index (χ4n) is 0.262. The molecule has 0 spiro atoms. The van der Waals surface area contributed by atoms with Crippen molar-refractivity contribution in [3.63, 3.8) is 0 Å². The average molecular weight is 167 g/mol. The molecule has 0 aromatic heterocycles. The van der Waals surface area contributed by atoms with Crippen LogP contribution in [-0.2, 0) is 4.74 Å². The summed E-state index contributed by atoms with van der Waals surface area (Å²) in [7, 11) is 0. The average Bonchev–Trinajstić information content (AvgIpc) is 1.83. The topological polar surface area (TPSA) is 38.3 Å². The van der Waals surface area contributed by atoms with E-state index in [1.807, 2.05) is 0 Å². The predicted octanol–water partition coefficient (Wildman–Crippen LogP) is 0.866. The van der Waals surface area contributed by atoms with Gasteiger partial charge in [0.05, 0.1) is 0 Å². The predicted molar refractivity (Wildman–Crippen MR) is 29.4 cm³/mol. The lowest BCUT2D eigenvalue weighted by Gasteiger charge is -2.05. The van der Waals surface area contributed by atoms with Crippen molar-refractivity contribution in [2.45, 2.75) is 6.18 Å². The van der Waals surface area contributed by atoms with Crippen LogP contribution in [0.2, 0.25) is 0 Å². The molecule has 0 aliphatic carbocycles. The van der Waals surface area contributed by atoms with Crippen molar-refractivity contribution in [1.29, 1.82) is 0 Å². The van der Waals surface area contributed by atoms with Crippen LogP contribution in [0.3, 0.4) is 0 Å². The summed E-state index contributed by atoms with van der Waals surface area (Å²) in [6, 6.07) is 0. The molecule has 0 aromatic carbocycles. The van der Waals surface area contributed by atoms with Crippen LogP contribution in [0.25, 0.3) is 0 Å². The molecule has 11 heavy (non-hydrogen) atoms. The van der Waals surface area contributed by atoms with E-state index in [1.165, 1.54) is 11.4 Å². The number of hydrogen-bond acceptors (Lipinski definition) is 2. The molecule has 0 rings (SSSR count). The van der Waals surface area contributed by atoms with Gasteiger partial charge in [-0.1, -0.05) is 6.42 Å². The monoisotopic (exact) mass is 167 g/mol. The Morgan fingerprint density at radius 2 is 2.18 bits per heavy atom. The molecule has 0 saturated heterocycles. The maximum absolute atomic E-state index is 11.3. The van der Waals surface area contributed by atoms with Gasteiger partial charge in [-0.2, -0.15) is 13.2 Å². The number of terminal acetylenes is 1. The molecule has 0 saturated carbocycles. The number of alkyl carbamates (subject to hydrolysis) is 1. The summed E-state index contributed by atoms with van der Waals surface area (Å²) < 4.78 is 37.7. The molecular formula is C5H4F3NO2. The molecule has 0 unspecified atom stereocenters. The first-order valence-corrected chi connectivity index (χ1v) is 2.43. The minimum absolute atomic E-state index is 1.29. The van der Waals surface area contributed by atoms with Gasteiger partial charge >= 0.3 is 12.3 Å². The molecule has 0 aliphatic rings. The molecule has 1 amide bonds. The highest BCUT2D eigenvalue weighted by molar-refractivity contribution is 5.68. The lowest BCUT2D eigenvalue weighted by Crippen LogP contribution is -2.33. The quantitative estimate of drug-likeness (QED) is 0.588. The molecule has 0 atom stereocenters. The van der Waals surface area contributed by atoms with Gasteiger partial charge in [0.15, 0.2) is 0 Å². The van der Waals surface area contributed by atoms with Gasteiger partial charge < -0.3 is 10.1 Å². The lowest BCUT2D eigenvalue weighted by atomic mass is 10.6. The Hall–Kier alpha value is -1.38. The van der Waals surface area contributed by atoms with Crippen LogP contribution in [0, 0.1) is 12.5 Å². The minimum atomic E-state index is -4.45. The Morgan fingerprint density at radius 1 is 1.64 bits per heavy atom. The molecular weight excluding hydrogens is 163 g/mol. The second kappa shape index (κ2) is 3.71. The summed E-state index contributed by atoms with van der Waals surface area (Å²) in [4.78, 5) is 10.1. The third-order valence-corrected chi connectivity index (χ3v) is 0.585. The standard InChI is InChI=1S/C5H4F3NO2/c1-2-11-4(10)9-3-5(6,7)8/h1H,3H2,(H,9,10). The molecule has 1 N–H and O–H groups in total. The number of hydrogen-bond donors (Lipinski definition) is 1. The summed E-state index contributed by atoms with van der Waals surface area (Å²) in [6.07, 6.45) is 0.141. The van der Waals surface area contributed by atoms with Gasteiger partial charge in [-0.25, -0.2) is 4.79 Å². The van der Waals surface area contributed by atoms with E-state index < -0.39 is 18.8 Å². The minimum Gasteiger partial charge on any atom is -0.356 e. The third kappa shape index (κ3) is 6.51. The number of carbonyl (C=O) groups is 1. The maximum atomic E-state index is 11.3. The van der Waals surface area contributed by atoms with Gasteiger partial charge in [0.2, 0.25) is 0 Å². The van der Waals surface area contributed by atoms with Crippen molar-refractivity contribution >= 4 is 6.09 Å². The Balaban J connectivity index is 3.57. The van der Waals surface area contributed by atoms with Crippen molar-refractivity contribution in [3.8, 4) is 12.5 Å². The van der Waals surface area contributed by atoms with Crippen molar-refractivity contribution in [2.24, 2.45) is 0 Å². The zero-order valence-corrected chi connectivity index (χ0v) is 5.23. The van der Waals surface area contributed by atoms with Crippen LogP contribution in [0.15, 0.2) is 0 Å². The van der Waals surface area contributed by atoms with Gasteiger partial charge in [0, 0.05) is 0 Å². The molecule has 0 aliphatic heterocycles. The van der Waals surface area contributed by atoms with E-state index in [-0.39, 0.29) is 0 Å². The van der Waals surface area contributed by atoms with Crippen LogP contribution in [0.1, 0.15) is 0 Å². The highest BCUT2D eigenvalue weighted by atomic mass is 19.4. The van der Waals surface area contributed by atoms with Crippen molar-refractivity contribution in [1.82, 2.24) is 5.32 Å². The summed E-state index contributed by atoms with van der Waals surface area (Å²) in [5.41, 5.74) is 0. The molecule has 0 bridgehead atoms. The van der Waals surface area contributed by atoms with Crippen LogP contribution >= 0.6 is 0 Å². The number of alkyl halides is 3. The van der Waals surface area contributed by atoms with Gasteiger partial charge in [-0.15, -0.1) is 0 Å². The van der Waals surface area contributed by atoms with Crippen molar-refractivity contribution < 1.29 is 22.7 Å². The van der Waals surface area contributed by atoms with Crippen LogP contribution < -0.4 is 5.32 Å². The number of carbonyl (C=O) groups excluding carboxylic acids is 1. The van der Waals surface area contributed by atoms with Gasteiger partial charge in [-0.05, 0) is 0 Å². The fourth-order valence-corrected chi connectivity index (χ4v) is 0.262. The summed E-state index contributed by atoms with van der Waals surface area (Å²) in [5.74, 6) is 0. The SMILES string of the molecule is C#COC(=O)NCC(F)(F)F. The highest BCUT2D eigenvalue weighted by Gasteiger charge is 2.27. The largest absolute Gasteiger partial charge is 0.421 e.